The van der Waals surface area contributed by atoms with Gasteiger partial charge in [-0.05, 0) is 18.4 Å². The van der Waals surface area contributed by atoms with Crippen molar-refractivity contribution in [2.24, 2.45) is 5.92 Å². The maximum atomic E-state index is 12.5. The Hall–Kier alpha value is -1.40. The van der Waals surface area contributed by atoms with E-state index in [1.807, 2.05) is 30.3 Å². The van der Waals surface area contributed by atoms with Crippen LogP contribution in [0.2, 0.25) is 0 Å². The first-order valence-corrected chi connectivity index (χ1v) is 8.97. The van der Waals surface area contributed by atoms with Gasteiger partial charge in [0.2, 0.25) is 15.9 Å². The summed E-state index contributed by atoms with van der Waals surface area (Å²) in [6.07, 6.45) is 2.69. The lowest BCUT2D eigenvalue weighted by atomic mass is 9.98. The molecule has 5 nitrogen and oxygen atoms in total. The molecule has 1 aliphatic rings. The molecular weight excluding hydrogens is 288 g/mol. The highest BCUT2D eigenvalue weighted by molar-refractivity contribution is 7.88. The summed E-state index contributed by atoms with van der Waals surface area (Å²) in [6.45, 7) is 1.37. The van der Waals surface area contributed by atoms with E-state index in [9.17, 15) is 13.2 Å². The van der Waals surface area contributed by atoms with Gasteiger partial charge in [-0.2, -0.15) is 0 Å². The first-order valence-electron chi connectivity index (χ1n) is 7.12. The van der Waals surface area contributed by atoms with Crippen molar-refractivity contribution in [2.45, 2.75) is 19.4 Å². The quantitative estimate of drug-likeness (QED) is 0.843. The van der Waals surface area contributed by atoms with Crippen LogP contribution in [0.25, 0.3) is 0 Å². The number of piperidine rings is 1. The summed E-state index contributed by atoms with van der Waals surface area (Å²) in [6, 6.07) is 9.79. The summed E-state index contributed by atoms with van der Waals surface area (Å²) in [5.41, 5.74) is 1.07. The van der Waals surface area contributed by atoms with E-state index < -0.39 is 10.0 Å². The van der Waals surface area contributed by atoms with Crippen molar-refractivity contribution in [3.05, 3.63) is 35.9 Å². The van der Waals surface area contributed by atoms with E-state index in [-0.39, 0.29) is 11.8 Å². The number of amides is 1. The van der Waals surface area contributed by atoms with E-state index in [4.69, 9.17) is 0 Å². The van der Waals surface area contributed by atoms with Crippen LogP contribution in [-0.4, -0.2) is 49.9 Å². The monoisotopic (exact) mass is 310 g/mol. The minimum Gasteiger partial charge on any atom is -0.341 e. The third kappa shape index (κ3) is 4.28. The van der Waals surface area contributed by atoms with Crippen molar-refractivity contribution < 1.29 is 13.2 Å². The third-order valence-corrected chi connectivity index (χ3v) is 5.11. The maximum absolute atomic E-state index is 12.5. The van der Waals surface area contributed by atoms with Gasteiger partial charge in [0.15, 0.2) is 0 Å². The summed E-state index contributed by atoms with van der Waals surface area (Å²) in [7, 11) is -1.44. The molecule has 0 unspecified atom stereocenters. The van der Waals surface area contributed by atoms with Crippen LogP contribution < -0.4 is 0 Å². The molecule has 0 N–H and O–H groups in total. The number of carbonyl (C=O) groups is 1. The molecule has 0 spiro atoms. The second-order valence-corrected chi connectivity index (χ2v) is 7.62. The first kappa shape index (κ1) is 16.0. The van der Waals surface area contributed by atoms with E-state index >= 15 is 0 Å². The van der Waals surface area contributed by atoms with Gasteiger partial charge in [0.05, 0.1) is 12.2 Å². The van der Waals surface area contributed by atoms with E-state index in [0.717, 1.165) is 18.4 Å². The van der Waals surface area contributed by atoms with Crippen LogP contribution in [-0.2, 0) is 21.4 Å². The second kappa shape index (κ2) is 6.58. The standard InChI is InChI=1S/C15H22N2O3S/c1-16(11-13-7-4-3-5-8-13)15(18)14-9-6-10-17(12-14)21(2,19)20/h3-5,7-8,14H,6,9-12H2,1-2H3/t14-/m0/s1. The normalized spacial score (nSPS) is 20.2. The molecule has 1 saturated heterocycles. The Labute approximate surface area is 126 Å². The van der Waals surface area contributed by atoms with Crippen LogP contribution in [0.1, 0.15) is 18.4 Å². The summed E-state index contributed by atoms with van der Waals surface area (Å²) in [4.78, 5) is 14.2. The van der Waals surface area contributed by atoms with Crippen molar-refractivity contribution in [3.8, 4) is 0 Å². The zero-order valence-electron chi connectivity index (χ0n) is 12.5. The largest absolute Gasteiger partial charge is 0.341 e. The predicted octanol–water partition coefficient (Wildman–Crippen LogP) is 1.32. The van der Waals surface area contributed by atoms with E-state index in [2.05, 4.69) is 0 Å². The molecule has 0 bridgehead atoms. The smallest absolute Gasteiger partial charge is 0.227 e. The van der Waals surface area contributed by atoms with Gasteiger partial charge in [0.1, 0.15) is 0 Å². The van der Waals surface area contributed by atoms with Crippen molar-refractivity contribution >= 4 is 15.9 Å². The number of sulfonamides is 1. The van der Waals surface area contributed by atoms with Gasteiger partial charge in [-0.25, -0.2) is 12.7 Å². The van der Waals surface area contributed by atoms with E-state index in [1.54, 1.807) is 11.9 Å². The summed E-state index contributed by atoms with van der Waals surface area (Å²) < 4.78 is 24.6. The topological polar surface area (TPSA) is 57.7 Å². The van der Waals surface area contributed by atoms with Gasteiger partial charge in [0.25, 0.3) is 0 Å². The Bertz CT molecular complexity index is 586. The fourth-order valence-corrected chi connectivity index (χ4v) is 3.60. The maximum Gasteiger partial charge on any atom is 0.227 e. The fraction of sp³-hybridized carbons (Fsp3) is 0.533. The molecule has 0 aliphatic carbocycles. The minimum absolute atomic E-state index is 0.0206. The van der Waals surface area contributed by atoms with E-state index in [0.29, 0.717) is 19.6 Å². The van der Waals surface area contributed by atoms with Crippen LogP contribution in [0.3, 0.4) is 0 Å². The summed E-state index contributed by atoms with van der Waals surface area (Å²) >= 11 is 0. The average Bonchev–Trinajstić information content (AvgIpc) is 2.46. The molecule has 1 aliphatic heterocycles. The Morgan fingerprint density at radius 1 is 1.33 bits per heavy atom. The van der Waals surface area contributed by atoms with Gasteiger partial charge < -0.3 is 4.90 Å². The lowest BCUT2D eigenvalue weighted by molar-refractivity contribution is -0.135. The molecule has 2 rings (SSSR count). The van der Waals surface area contributed by atoms with Crippen molar-refractivity contribution in [2.75, 3.05) is 26.4 Å². The first-order chi connectivity index (χ1) is 9.88. The zero-order chi connectivity index (χ0) is 15.5. The van der Waals surface area contributed by atoms with Gasteiger partial charge in [0, 0.05) is 26.7 Å². The Morgan fingerprint density at radius 2 is 2.00 bits per heavy atom. The van der Waals surface area contributed by atoms with Crippen LogP contribution in [0.15, 0.2) is 30.3 Å². The van der Waals surface area contributed by atoms with Crippen LogP contribution in [0, 0.1) is 5.92 Å². The minimum atomic E-state index is -3.21. The van der Waals surface area contributed by atoms with E-state index in [1.165, 1.54) is 10.6 Å². The molecule has 0 aromatic heterocycles. The molecule has 1 amide bonds. The van der Waals surface area contributed by atoms with Gasteiger partial charge in [-0.3, -0.25) is 4.79 Å². The molecule has 1 heterocycles. The second-order valence-electron chi connectivity index (χ2n) is 5.64. The highest BCUT2D eigenvalue weighted by atomic mass is 32.2. The molecule has 0 radical (unpaired) electrons. The molecular formula is C15H22N2O3S. The number of carbonyl (C=O) groups excluding carboxylic acids is 1. The van der Waals surface area contributed by atoms with Crippen LogP contribution in [0.4, 0.5) is 0 Å². The molecule has 116 valence electrons. The zero-order valence-corrected chi connectivity index (χ0v) is 13.3. The summed E-state index contributed by atoms with van der Waals surface area (Å²) in [5.74, 6) is -0.214. The third-order valence-electron chi connectivity index (χ3n) is 3.84. The molecule has 1 fully saturated rings. The predicted molar refractivity (Wildman–Crippen MR) is 82.1 cm³/mol. The number of rotatable bonds is 4. The molecule has 1 aromatic rings. The number of benzene rings is 1. The van der Waals surface area contributed by atoms with Crippen LogP contribution in [0.5, 0.6) is 0 Å². The van der Waals surface area contributed by atoms with Gasteiger partial charge in [-0.1, -0.05) is 30.3 Å². The highest BCUT2D eigenvalue weighted by Gasteiger charge is 2.31. The number of nitrogens with zero attached hydrogens (tertiary/aromatic N) is 2. The molecule has 0 saturated carbocycles. The molecule has 1 atom stereocenters. The SMILES string of the molecule is CN(Cc1ccccc1)C(=O)[C@H]1CCCN(S(C)(=O)=O)C1. The molecule has 6 heteroatoms. The number of hydrogen-bond acceptors (Lipinski definition) is 3. The van der Waals surface area contributed by atoms with Crippen molar-refractivity contribution in [1.29, 1.82) is 0 Å². The fourth-order valence-electron chi connectivity index (χ4n) is 2.69. The molecule has 1 aromatic carbocycles. The van der Waals surface area contributed by atoms with Gasteiger partial charge in [-0.15, -0.1) is 0 Å². The summed E-state index contributed by atoms with van der Waals surface area (Å²) in [5, 5.41) is 0. The lowest BCUT2D eigenvalue weighted by Crippen LogP contribution is -2.45. The highest BCUT2D eigenvalue weighted by Crippen LogP contribution is 2.21. The molecule has 21 heavy (non-hydrogen) atoms. The Kier molecular flexibility index (Phi) is 5.00. The Balaban J connectivity index is 1.99. The van der Waals surface area contributed by atoms with Crippen molar-refractivity contribution in [1.82, 2.24) is 9.21 Å². The van der Waals surface area contributed by atoms with Gasteiger partial charge >= 0.3 is 0 Å². The lowest BCUT2D eigenvalue weighted by Gasteiger charge is -2.32. The number of hydrogen-bond donors (Lipinski definition) is 0. The van der Waals surface area contributed by atoms with Crippen molar-refractivity contribution in [3.63, 3.8) is 0 Å². The average molecular weight is 310 g/mol. The Morgan fingerprint density at radius 3 is 2.62 bits per heavy atom. The van der Waals surface area contributed by atoms with Crippen LogP contribution >= 0.6 is 0 Å².